The largest absolute Gasteiger partial charge is 0.352 e. The molecule has 0 spiro atoms. The maximum atomic E-state index is 12.9. The maximum absolute atomic E-state index is 12.9. The first-order valence-corrected chi connectivity index (χ1v) is 10.5. The molecule has 1 saturated heterocycles. The number of piperidine rings is 1. The summed E-state index contributed by atoms with van der Waals surface area (Å²) < 4.78 is 1.60. The summed E-state index contributed by atoms with van der Waals surface area (Å²) in [6.45, 7) is 3.50. The molecular weight excluding hydrogens is 384 g/mol. The minimum atomic E-state index is 0. The second kappa shape index (κ2) is 8.71. The Morgan fingerprint density at radius 2 is 2.19 bits per heavy atom. The van der Waals surface area contributed by atoms with E-state index in [1.54, 1.807) is 22.2 Å². The number of hydrogen-bond acceptors (Lipinski definition) is 5. The van der Waals surface area contributed by atoms with Crippen molar-refractivity contribution in [3.05, 3.63) is 27.1 Å². The van der Waals surface area contributed by atoms with Gasteiger partial charge < -0.3 is 10.6 Å². The fourth-order valence-corrected chi connectivity index (χ4v) is 5.30. The Hall–Kier alpha value is -1.44. The lowest BCUT2D eigenvalue weighted by Gasteiger charge is -2.30. The van der Waals surface area contributed by atoms with E-state index in [4.69, 9.17) is 0 Å². The quantitative estimate of drug-likeness (QED) is 0.811. The maximum Gasteiger partial charge on any atom is 0.262 e. The van der Waals surface area contributed by atoms with Crippen LogP contribution < -0.4 is 16.2 Å². The molecule has 6 nitrogen and oxygen atoms in total. The van der Waals surface area contributed by atoms with Gasteiger partial charge in [0.1, 0.15) is 4.83 Å². The molecule has 2 atom stereocenters. The van der Waals surface area contributed by atoms with Gasteiger partial charge in [0.15, 0.2) is 0 Å². The lowest BCUT2D eigenvalue weighted by molar-refractivity contribution is -0.122. The number of amides is 1. The van der Waals surface area contributed by atoms with Gasteiger partial charge >= 0.3 is 0 Å². The summed E-state index contributed by atoms with van der Waals surface area (Å²) in [5.41, 5.74) is 1.21. The molecule has 0 saturated carbocycles. The molecule has 2 N–H and O–H groups in total. The Morgan fingerprint density at radius 1 is 1.37 bits per heavy atom. The third kappa shape index (κ3) is 4.20. The zero-order valence-corrected chi connectivity index (χ0v) is 17.3. The molecule has 2 unspecified atom stereocenters. The fraction of sp³-hybridized carbons (Fsp3) is 0.632. The van der Waals surface area contributed by atoms with E-state index in [-0.39, 0.29) is 29.9 Å². The zero-order valence-electron chi connectivity index (χ0n) is 15.6. The van der Waals surface area contributed by atoms with Crippen molar-refractivity contribution >= 4 is 39.9 Å². The van der Waals surface area contributed by atoms with Gasteiger partial charge in [-0.15, -0.1) is 23.7 Å². The average Bonchev–Trinajstić information content (AvgIpc) is 3.02. The van der Waals surface area contributed by atoms with Gasteiger partial charge in [0, 0.05) is 29.9 Å². The molecule has 8 heteroatoms. The summed E-state index contributed by atoms with van der Waals surface area (Å²) >= 11 is 1.66. The third-order valence-corrected chi connectivity index (χ3v) is 6.83. The summed E-state index contributed by atoms with van der Waals surface area (Å²) in [5, 5.41) is 7.28. The minimum absolute atomic E-state index is 0. The highest BCUT2D eigenvalue weighted by atomic mass is 35.5. The van der Waals surface area contributed by atoms with E-state index in [0.717, 1.165) is 48.9 Å². The highest BCUT2D eigenvalue weighted by Gasteiger charge is 2.23. The van der Waals surface area contributed by atoms with Gasteiger partial charge in [-0.25, -0.2) is 4.98 Å². The SMILES string of the molecule is CC1NCCCC1NC(=O)CCn1cnc2sc3c(c2c1=O)CCCC3.Cl. The van der Waals surface area contributed by atoms with Crippen LogP contribution in [0.3, 0.4) is 0 Å². The third-order valence-electron chi connectivity index (χ3n) is 5.63. The van der Waals surface area contributed by atoms with Gasteiger partial charge in [0.25, 0.3) is 5.56 Å². The van der Waals surface area contributed by atoms with Crippen molar-refractivity contribution in [2.24, 2.45) is 0 Å². The van der Waals surface area contributed by atoms with Crippen LogP contribution in [-0.4, -0.2) is 34.1 Å². The first kappa shape index (κ1) is 20.3. The Labute approximate surface area is 169 Å². The molecule has 27 heavy (non-hydrogen) atoms. The van der Waals surface area contributed by atoms with Crippen molar-refractivity contribution in [2.75, 3.05) is 6.54 Å². The standard InChI is InChI=1S/C19H26N4O2S.ClH/c1-12-14(6-4-9-20-12)22-16(24)8-10-23-11-21-18-17(19(23)25)13-5-2-3-7-15(13)26-18;/h11-12,14,20H,2-10H2,1H3,(H,22,24);1H. The summed E-state index contributed by atoms with van der Waals surface area (Å²) in [6.07, 6.45) is 8.38. The average molecular weight is 411 g/mol. The van der Waals surface area contributed by atoms with Gasteiger partial charge in [-0.1, -0.05) is 0 Å². The second-order valence-electron chi connectivity index (χ2n) is 7.44. The first-order valence-electron chi connectivity index (χ1n) is 9.66. The van der Waals surface area contributed by atoms with Crippen molar-refractivity contribution < 1.29 is 4.79 Å². The number of thiophene rings is 1. The van der Waals surface area contributed by atoms with Crippen LogP contribution in [-0.2, 0) is 24.2 Å². The molecule has 1 fully saturated rings. The molecule has 4 rings (SSSR count). The lowest BCUT2D eigenvalue weighted by atomic mass is 9.97. The molecule has 1 aliphatic heterocycles. The molecule has 1 aliphatic carbocycles. The normalized spacial score (nSPS) is 22.1. The number of nitrogens with zero attached hydrogens (tertiary/aromatic N) is 2. The van der Waals surface area contributed by atoms with Crippen molar-refractivity contribution in [2.45, 2.75) is 70.5 Å². The van der Waals surface area contributed by atoms with Crippen LogP contribution in [0.5, 0.6) is 0 Å². The van der Waals surface area contributed by atoms with Crippen molar-refractivity contribution in [3.63, 3.8) is 0 Å². The number of carbonyl (C=O) groups is 1. The van der Waals surface area contributed by atoms with Crippen LogP contribution in [0.4, 0.5) is 0 Å². The number of halogens is 1. The predicted molar refractivity (Wildman–Crippen MR) is 111 cm³/mol. The predicted octanol–water partition coefficient (Wildman–Crippen LogP) is 2.41. The van der Waals surface area contributed by atoms with Crippen molar-refractivity contribution in [1.82, 2.24) is 20.2 Å². The van der Waals surface area contributed by atoms with E-state index < -0.39 is 0 Å². The Morgan fingerprint density at radius 3 is 3.00 bits per heavy atom. The van der Waals surface area contributed by atoms with Crippen molar-refractivity contribution in [3.8, 4) is 0 Å². The summed E-state index contributed by atoms with van der Waals surface area (Å²) in [5.74, 6) is 0.00453. The zero-order chi connectivity index (χ0) is 18.1. The second-order valence-corrected chi connectivity index (χ2v) is 8.53. The van der Waals surface area contributed by atoms with Gasteiger partial charge in [-0.3, -0.25) is 14.2 Å². The molecule has 3 heterocycles. The van der Waals surface area contributed by atoms with Crippen LogP contribution >= 0.6 is 23.7 Å². The molecule has 2 aromatic heterocycles. The molecule has 148 valence electrons. The number of carbonyl (C=O) groups excluding carboxylic acids is 1. The van der Waals surface area contributed by atoms with Crippen LogP contribution in [0, 0.1) is 0 Å². The van der Waals surface area contributed by atoms with Crippen molar-refractivity contribution in [1.29, 1.82) is 0 Å². The Balaban J connectivity index is 0.00000210. The number of aromatic nitrogens is 2. The lowest BCUT2D eigenvalue weighted by Crippen LogP contribution is -2.52. The highest BCUT2D eigenvalue weighted by Crippen LogP contribution is 2.33. The van der Waals surface area contributed by atoms with E-state index in [9.17, 15) is 9.59 Å². The van der Waals surface area contributed by atoms with Gasteiger partial charge in [0.05, 0.1) is 11.7 Å². The highest BCUT2D eigenvalue weighted by molar-refractivity contribution is 7.18. The number of fused-ring (bicyclic) bond motifs is 3. The molecule has 2 aromatic rings. The first-order chi connectivity index (χ1) is 12.6. The molecule has 0 aromatic carbocycles. The summed E-state index contributed by atoms with van der Waals surface area (Å²) in [4.78, 5) is 31.9. The van der Waals surface area contributed by atoms with Crippen LogP contribution in [0.15, 0.2) is 11.1 Å². The molecule has 0 radical (unpaired) electrons. The number of nitrogens with one attached hydrogen (secondary N) is 2. The van der Waals surface area contributed by atoms with E-state index in [1.165, 1.54) is 16.9 Å². The van der Waals surface area contributed by atoms with Crippen LogP contribution in [0.25, 0.3) is 10.2 Å². The van der Waals surface area contributed by atoms with Gasteiger partial charge in [-0.2, -0.15) is 0 Å². The Kier molecular flexibility index (Phi) is 6.55. The van der Waals surface area contributed by atoms with E-state index >= 15 is 0 Å². The van der Waals surface area contributed by atoms with Crippen LogP contribution in [0.2, 0.25) is 0 Å². The fourth-order valence-electron chi connectivity index (χ4n) is 4.08. The monoisotopic (exact) mass is 410 g/mol. The number of hydrogen-bond donors (Lipinski definition) is 2. The smallest absolute Gasteiger partial charge is 0.262 e. The molecular formula is C19H27ClN4O2S. The summed E-state index contributed by atoms with van der Waals surface area (Å²) in [6, 6.07) is 0.475. The number of rotatable bonds is 4. The Bertz CT molecular complexity index is 878. The topological polar surface area (TPSA) is 76.0 Å². The summed E-state index contributed by atoms with van der Waals surface area (Å²) in [7, 11) is 0. The molecule has 2 aliphatic rings. The van der Waals surface area contributed by atoms with E-state index in [0.29, 0.717) is 19.0 Å². The number of aryl methyl sites for hydroxylation is 3. The van der Waals surface area contributed by atoms with Gasteiger partial charge in [0.2, 0.25) is 5.91 Å². The van der Waals surface area contributed by atoms with E-state index in [2.05, 4.69) is 22.5 Å². The molecule has 1 amide bonds. The molecule has 0 bridgehead atoms. The van der Waals surface area contributed by atoms with Gasteiger partial charge in [-0.05, 0) is 57.6 Å². The minimum Gasteiger partial charge on any atom is -0.352 e. The van der Waals surface area contributed by atoms with Crippen LogP contribution in [0.1, 0.15) is 49.5 Å². The van der Waals surface area contributed by atoms with E-state index in [1.807, 2.05) is 0 Å².